The summed E-state index contributed by atoms with van der Waals surface area (Å²) in [5.41, 5.74) is 3.00. The van der Waals surface area contributed by atoms with Gasteiger partial charge in [0.25, 0.3) is 0 Å². The lowest BCUT2D eigenvalue weighted by Gasteiger charge is -2.16. The normalized spacial score (nSPS) is 13.3. The summed E-state index contributed by atoms with van der Waals surface area (Å²) in [5.74, 6) is 0. The van der Waals surface area contributed by atoms with Crippen LogP contribution in [0.1, 0.15) is 11.1 Å². The number of amides is 1. The Labute approximate surface area is 105 Å². The van der Waals surface area contributed by atoms with Crippen molar-refractivity contribution in [1.82, 2.24) is 4.90 Å². The molecule has 0 spiro atoms. The van der Waals surface area contributed by atoms with Crippen LogP contribution in [0.4, 0.5) is 4.79 Å². The molecule has 0 bridgehead atoms. The quantitative estimate of drug-likeness (QED) is 0.829. The van der Waals surface area contributed by atoms with Crippen molar-refractivity contribution in [2.45, 2.75) is 6.42 Å². The first-order valence-electron chi connectivity index (χ1n) is 5.85. The fourth-order valence-electron chi connectivity index (χ4n) is 2.43. The summed E-state index contributed by atoms with van der Waals surface area (Å²) >= 11 is 0. The lowest BCUT2D eigenvalue weighted by molar-refractivity contribution is 0.173. The molecular weight excluding hydrogens is 226 g/mol. The second kappa shape index (κ2) is 3.88. The Morgan fingerprint density at radius 1 is 1.22 bits per heavy atom. The van der Waals surface area contributed by atoms with Gasteiger partial charge in [0.2, 0.25) is 0 Å². The summed E-state index contributed by atoms with van der Waals surface area (Å²) in [6, 6.07) is 12.4. The molecule has 90 valence electrons. The Kier molecular flexibility index (Phi) is 2.33. The highest BCUT2D eigenvalue weighted by molar-refractivity contribution is 5.91. The molecule has 0 saturated carbocycles. The third-order valence-electron chi connectivity index (χ3n) is 3.41. The van der Waals surface area contributed by atoms with Crippen LogP contribution in [0.2, 0.25) is 0 Å². The predicted molar refractivity (Wildman–Crippen MR) is 71.4 cm³/mol. The summed E-state index contributed by atoms with van der Waals surface area (Å²) < 4.78 is 0. The van der Waals surface area contributed by atoms with Crippen molar-refractivity contribution in [3.8, 4) is 0 Å². The standard InChI is InChI=1S/C15H13NO2/c1-16(15(17)18)14-7-6-12-8-10-4-2-3-5-11(10)9-13(12)14/h2-5,7-9H,6H2,1H3,(H,17,18). The average Bonchev–Trinajstić information content (AvgIpc) is 2.77. The van der Waals surface area contributed by atoms with Crippen molar-refractivity contribution in [1.29, 1.82) is 0 Å². The van der Waals surface area contributed by atoms with Crippen LogP contribution in [-0.2, 0) is 6.42 Å². The predicted octanol–water partition coefficient (Wildman–Crippen LogP) is 3.35. The summed E-state index contributed by atoms with van der Waals surface area (Å²) in [6.07, 6.45) is 1.84. The topological polar surface area (TPSA) is 40.5 Å². The molecule has 0 unspecified atom stereocenters. The van der Waals surface area contributed by atoms with Crippen molar-refractivity contribution >= 4 is 22.6 Å². The van der Waals surface area contributed by atoms with Gasteiger partial charge in [0.15, 0.2) is 0 Å². The zero-order valence-electron chi connectivity index (χ0n) is 10.1. The van der Waals surface area contributed by atoms with Crippen LogP contribution >= 0.6 is 0 Å². The van der Waals surface area contributed by atoms with Gasteiger partial charge < -0.3 is 5.11 Å². The molecule has 0 fully saturated rings. The minimum atomic E-state index is -0.928. The van der Waals surface area contributed by atoms with Crippen LogP contribution in [0.5, 0.6) is 0 Å². The number of hydrogen-bond acceptors (Lipinski definition) is 1. The van der Waals surface area contributed by atoms with Gasteiger partial charge in [-0.2, -0.15) is 0 Å². The highest BCUT2D eigenvalue weighted by Gasteiger charge is 2.21. The van der Waals surface area contributed by atoms with Crippen molar-refractivity contribution in [3.63, 3.8) is 0 Å². The molecule has 0 radical (unpaired) electrons. The number of nitrogens with zero attached hydrogens (tertiary/aromatic N) is 1. The number of allylic oxidation sites excluding steroid dienone is 1. The van der Waals surface area contributed by atoms with E-state index >= 15 is 0 Å². The van der Waals surface area contributed by atoms with Crippen LogP contribution in [-0.4, -0.2) is 23.1 Å². The van der Waals surface area contributed by atoms with E-state index in [1.807, 2.05) is 24.3 Å². The Bertz CT molecular complexity index is 673. The van der Waals surface area contributed by atoms with Crippen molar-refractivity contribution in [3.05, 3.63) is 53.6 Å². The smallest absolute Gasteiger partial charge is 0.411 e. The summed E-state index contributed by atoms with van der Waals surface area (Å²) in [5, 5.41) is 11.4. The highest BCUT2D eigenvalue weighted by Crippen LogP contribution is 2.32. The Morgan fingerprint density at radius 2 is 1.89 bits per heavy atom. The first-order chi connectivity index (χ1) is 8.66. The van der Waals surface area contributed by atoms with Crippen LogP contribution in [0.15, 0.2) is 42.5 Å². The zero-order valence-corrected chi connectivity index (χ0v) is 10.1. The maximum absolute atomic E-state index is 11.0. The molecule has 1 N–H and O–H groups in total. The molecule has 3 rings (SSSR count). The second-order valence-corrected chi connectivity index (χ2v) is 4.49. The Hall–Kier alpha value is -2.29. The number of fused-ring (bicyclic) bond motifs is 2. The molecule has 1 aliphatic carbocycles. The van der Waals surface area contributed by atoms with E-state index in [1.54, 1.807) is 7.05 Å². The van der Waals surface area contributed by atoms with Crippen LogP contribution in [0, 0.1) is 0 Å². The molecule has 0 aliphatic heterocycles. The molecule has 2 aromatic carbocycles. The number of carboxylic acid groups (broad SMARTS) is 1. The van der Waals surface area contributed by atoms with Crippen LogP contribution in [0.3, 0.4) is 0 Å². The molecule has 0 saturated heterocycles. The Morgan fingerprint density at radius 3 is 2.56 bits per heavy atom. The fraction of sp³-hybridized carbons (Fsp3) is 0.133. The van der Waals surface area contributed by atoms with Gasteiger partial charge in [-0.1, -0.05) is 36.4 Å². The van der Waals surface area contributed by atoms with Gasteiger partial charge in [-0.05, 0) is 28.8 Å². The summed E-state index contributed by atoms with van der Waals surface area (Å²) in [4.78, 5) is 12.3. The molecular formula is C15H13NO2. The molecule has 1 aliphatic rings. The summed E-state index contributed by atoms with van der Waals surface area (Å²) in [6.45, 7) is 0. The van der Waals surface area contributed by atoms with E-state index < -0.39 is 6.09 Å². The maximum Gasteiger partial charge on any atom is 0.411 e. The third kappa shape index (κ3) is 1.56. The van der Waals surface area contributed by atoms with Crippen molar-refractivity contribution in [2.75, 3.05) is 7.05 Å². The average molecular weight is 239 g/mol. The van der Waals surface area contributed by atoms with Gasteiger partial charge in [0.05, 0.1) is 5.70 Å². The first kappa shape index (κ1) is 10.8. The maximum atomic E-state index is 11.0. The van der Waals surface area contributed by atoms with E-state index in [0.29, 0.717) is 0 Å². The molecule has 3 heteroatoms. The van der Waals surface area contributed by atoms with Crippen LogP contribution in [0.25, 0.3) is 16.5 Å². The van der Waals surface area contributed by atoms with Gasteiger partial charge >= 0.3 is 6.09 Å². The number of carbonyl (C=O) groups is 1. The largest absolute Gasteiger partial charge is 0.465 e. The summed E-state index contributed by atoms with van der Waals surface area (Å²) in [7, 11) is 1.58. The SMILES string of the molecule is CN(C(=O)O)C1=CCc2cc3ccccc3cc21. The number of benzene rings is 2. The fourth-order valence-corrected chi connectivity index (χ4v) is 2.43. The van der Waals surface area contributed by atoms with Crippen molar-refractivity contribution in [2.24, 2.45) is 0 Å². The Balaban J connectivity index is 2.14. The van der Waals surface area contributed by atoms with E-state index in [4.69, 9.17) is 5.11 Å². The van der Waals surface area contributed by atoms with E-state index in [9.17, 15) is 4.79 Å². The molecule has 0 heterocycles. The molecule has 0 aromatic heterocycles. The molecule has 0 atom stereocenters. The molecule has 18 heavy (non-hydrogen) atoms. The zero-order chi connectivity index (χ0) is 12.7. The van der Waals surface area contributed by atoms with Crippen molar-refractivity contribution < 1.29 is 9.90 Å². The van der Waals surface area contributed by atoms with E-state index in [1.165, 1.54) is 15.8 Å². The lowest BCUT2D eigenvalue weighted by atomic mass is 10.0. The third-order valence-corrected chi connectivity index (χ3v) is 3.41. The molecule has 2 aromatic rings. The first-order valence-corrected chi connectivity index (χ1v) is 5.85. The second-order valence-electron chi connectivity index (χ2n) is 4.49. The minimum Gasteiger partial charge on any atom is -0.465 e. The molecule has 1 amide bonds. The van der Waals surface area contributed by atoms with E-state index in [2.05, 4.69) is 18.2 Å². The monoisotopic (exact) mass is 239 g/mol. The van der Waals surface area contributed by atoms with Gasteiger partial charge in [-0.15, -0.1) is 0 Å². The van der Waals surface area contributed by atoms with Gasteiger partial charge in [-0.3, -0.25) is 4.90 Å². The lowest BCUT2D eigenvalue weighted by Crippen LogP contribution is -2.22. The highest BCUT2D eigenvalue weighted by atomic mass is 16.4. The van der Waals surface area contributed by atoms with Crippen LogP contribution < -0.4 is 0 Å². The number of rotatable bonds is 1. The van der Waals surface area contributed by atoms with E-state index in [-0.39, 0.29) is 0 Å². The van der Waals surface area contributed by atoms with Gasteiger partial charge in [0.1, 0.15) is 0 Å². The number of hydrogen-bond donors (Lipinski definition) is 1. The van der Waals surface area contributed by atoms with E-state index in [0.717, 1.165) is 23.1 Å². The van der Waals surface area contributed by atoms with Gasteiger partial charge in [-0.25, -0.2) is 4.79 Å². The molecule has 3 nitrogen and oxygen atoms in total. The minimum absolute atomic E-state index is 0.781. The van der Waals surface area contributed by atoms with Gasteiger partial charge in [0, 0.05) is 12.6 Å².